The van der Waals surface area contributed by atoms with Gasteiger partial charge in [0.25, 0.3) is 5.69 Å². The molecule has 0 fully saturated rings. The van der Waals surface area contributed by atoms with Crippen molar-refractivity contribution in [3.8, 4) is 5.75 Å². The van der Waals surface area contributed by atoms with Crippen molar-refractivity contribution >= 4 is 11.9 Å². The zero-order chi connectivity index (χ0) is 16.7. The lowest BCUT2D eigenvalue weighted by Gasteiger charge is -2.06. The quantitative estimate of drug-likeness (QED) is 0.432. The molecule has 0 saturated heterocycles. The first kappa shape index (κ1) is 16.7. The Balaban J connectivity index is 1.91. The van der Waals surface area contributed by atoms with E-state index in [0.717, 1.165) is 23.3 Å². The van der Waals surface area contributed by atoms with E-state index in [0.29, 0.717) is 12.6 Å². The summed E-state index contributed by atoms with van der Waals surface area (Å²) in [6.45, 7) is 4.56. The number of nitrogens with zero attached hydrogens (tertiary/aromatic N) is 2. The molecule has 120 valence electrons. The molecule has 0 heterocycles. The predicted octanol–water partition coefficient (Wildman–Crippen LogP) is 4.39. The standard InChI is InChI=1S/C18H20N2O3/c1-3-14(2)19-12-15-6-10-18(11-7-15)23-13-16-4-8-17(9-5-16)20(21)22/h4-12,14H,3,13H2,1-2H3. The van der Waals surface area contributed by atoms with Crippen molar-refractivity contribution in [2.75, 3.05) is 0 Å². The van der Waals surface area contributed by atoms with E-state index in [1.807, 2.05) is 30.5 Å². The van der Waals surface area contributed by atoms with Gasteiger partial charge in [0.05, 0.1) is 4.92 Å². The minimum atomic E-state index is -0.412. The highest BCUT2D eigenvalue weighted by atomic mass is 16.6. The third kappa shape index (κ3) is 5.21. The Morgan fingerprint density at radius 3 is 2.39 bits per heavy atom. The van der Waals surface area contributed by atoms with Gasteiger partial charge in [-0.1, -0.05) is 6.92 Å². The lowest BCUT2D eigenvalue weighted by atomic mass is 10.2. The molecule has 1 unspecified atom stereocenters. The monoisotopic (exact) mass is 312 g/mol. The van der Waals surface area contributed by atoms with Crippen LogP contribution in [-0.4, -0.2) is 17.2 Å². The molecule has 0 aliphatic heterocycles. The Morgan fingerprint density at radius 1 is 1.17 bits per heavy atom. The first-order chi connectivity index (χ1) is 11.1. The van der Waals surface area contributed by atoms with Gasteiger partial charge in [0.2, 0.25) is 0 Å². The van der Waals surface area contributed by atoms with Gasteiger partial charge in [-0.05, 0) is 60.9 Å². The van der Waals surface area contributed by atoms with Gasteiger partial charge in [-0.3, -0.25) is 15.1 Å². The van der Waals surface area contributed by atoms with E-state index in [-0.39, 0.29) is 5.69 Å². The fourth-order valence-corrected chi connectivity index (χ4v) is 1.85. The summed E-state index contributed by atoms with van der Waals surface area (Å²) < 4.78 is 5.68. The summed E-state index contributed by atoms with van der Waals surface area (Å²) in [6, 6.07) is 14.4. The van der Waals surface area contributed by atoms with E-state index < -0.39 is 4.92 Å². The van der Waals surface area contributed by atoms with Crippen LogP contribution in [0, 0.1) is 10.1 Å². The molecule has 23 heavy (non-hydrogen) atoms. The molecular formula is C18H20N2O3. The molecule has 0 N–H and O–H groups in total. The van der Waals surface area contributed by atoms with Gasteiger partial charge in [-0.15, -0.1) is 0 Å². The largest absolute Gasteiger partial charge is 0.489 e. The molecule has 0 aromatic heterocycles. The fraction of sp³-hybridized carbons (Fsp3) is 0.278. The van der Waals surface area contributed by atoms with Crippen LogP contribution in [-0.2, 0) is 6.61 Å². The molecule has 1 atom stereocenters. The molecule has 5 nitrogen and oxygen atoms in total. The summed E-state index contributed by atoms with van der Waals surface area (Å²) in [7, 11) is 0. The second kappa shape index (κ2) is 8.08. The summed E-state index contributed by atoms with van der Waals surface area (Å²) in [5, 5.41) is 10.6. The van der Waals surface area contributed by atoms with Crippen LogP contribution in [0.25, 0.3) is 0 Å². The predicted molar refractivity (Wildman–Crippen MR) is 91.2 cm³/mol. The smallest absolute Gasteiger partial charge is 0.269 e. The number of hydrogen-bond donors (Lipinski definition) is 0. The van der Waals surface area contributed by atoms with Crippen LogP contribution < -0.4 is 4.74 Å². The summed E-state index contributed by atoms with van der Waals surface area (Å²) in [6.07, 6.45) is 2.89. The zero-order valence-corrected chi connectivity index (χ0v) is 13.3. The van der Waals surface area contributed by atoms with Crippen LogP contribution in [0.4, 0.5) is 5.69 Å². The fourth-order valence-electron chi connectivity index (χ4n) is 1.85. The summed E-state index contributed by atoms with van der Waals surface area (Å²) in [5.41, 5.74) is 2.00. The number of nitro groups is 1. The highest BCUT2D eigenvalue weighted by Crippen LogP contribution is 2.16. The van der Waals surface area contributed by atoms with E-state index in [1.54, 1.807) is 12.1 Å². The number of rotatable bonds is 7. The van der Waals surface area contributed by atoms with Crippen LogP contribution in [0.3, 0.4) is 0 Å². The van der Waals surface area contributed by atoms with E-state index in [2.05, 4.69) is 18.8 Å². The van der Waals surface area contributed by atoms with E-state index >= 15 is 0 Å². The van der Waals surface area contributed by atoms with Crippen molar-refractivity contribution in [1.29, 1.82) is 0 Å². The van der Waals surface area contributed by atoms with Crippen LogP contribution in [0.15, 0.2) is 53.5 Å². The molecule has 0 aliphatic carbocycles. The number of nitro benzene ring substituents is 1. The molecule has 0 amide bonds. The van der Waals surface area contributed by atoms with E-state index in [9.17, 15) is 10.1 Å². The topological polar surface area (TPSA) is 64.7 Å². The number of ether oxygens (including phenoxy) is 1. The molecule has 5 heteroatoms. The highest BCUT2D eigenvalue weighted by molar-refractivity contribution is 5.79. The Hall–Kier alpha value is -2.69. The molecule has 2 aromatic rings. The van der Waals surface area contributed by atoms with Gasteiger partial charge in [-0.2, -0.15) is 0 Å². The van der Waals surface area contributed by atoms with Crippen LogP contribution >= 0.6 is 0 Å². The van der Waals surface area contributed by atoms with Crippen molar-refractivity contribution in [2.45, 2.75) is 32.9 Å². The molecule has 0 spiro atoms. The minimum Gasteiger partial charge on any atom is -0.489 e. The molecular weight excluding hydrogens is 292 g/mol. The Bertz CT molecular complexity index is 664. The zero-order valence-electron chi connectivity index (χ0n) is 13.3. The van der Waals surface area contributed by atoms with Crippen molar-refractivity contribution in [2.24, 2.45) is 4.99 Å². The van der Waals surface area contributed by atoms with Crippen molar-refractivity contribution in [3.05, 3.63) is 69.8 Å². The van der Waals surface area contributed by atoms with Gasteiger partial charge in [-0.25, -0.2) is 0 Å². The molecule has 2 rings (SSSR count). The van der Waals surface area contributed by atoms with E-state index in [4.69, 9.17) is 4.74 Å². The molecule has 2 aromatic carbocycles. The maximum atomic E-state index is 10.6. The lowest BCUT2D eigenvalue weighted by Crippen LogP contribution is -1.97. The number of benzene rings is 2. The molecule has 0 bridgehead atoms. The molecule has 0 radical (unpaired) electrons. The van der Waals surface area contributed by atoms with Gasteiger partial charge >= 0.3 is 0 Å². The Labute approximate surface area is 135 Å². The van der Waals surface area contributed by atoms with Crippen molar-refractivity contribution in [3.63, 3.8) is 0 Å². The average Bonchev–Trinajstić information content (AvgIpc) is 2.59. The molecule has 0 saturated carbocycles. The number of non-ortho nitro benzene ring substituents is 1. The second-order valence-corrected chi connectivity index (χ2v) is 5.32. The number of aliphatic imine (C=N–C) groups is 1. The normalized spacial score (nSPS) is 12.3. The Morgan fingerprint density at radius 2 is 1.83 bits per heavy atom. The summed E-state index contributed by atoms with van der Waals surface area (Å²) in [4.78, 5) is 14.6. The summed E-state index contributed by atoms with van der Waals surface area (Å²) in [5.74, 6) is 0.754. The van der Waals surface area contributed by atoms with Crippen molar-refractivity contribution < 1.29 is 9.66 Å². The van der Waals surface area contributed by atoms with Gasteiger partial charge in [0.15, 0.2) is 0 Å². The van der Waals surface area contributed by atoms with Gasteiger partial charge in [0, 0.05) is 24.4 Å². The minimum absolute atomic E-state index is 0.0821. The maximum absolute atomic E-state index is 10.6. The third-order valence-electron chi connectivity index (χ3n) is 3.50. The first-order valence-electron chi connectivity index (χ1n) is 7.58. The van der Waals surface area contributed by atoms with E-state index in [1.165, 1.54) is 12.1 Å². The third-order valence-corrected chi connectivity index (χ3v) is 3.50. The Kier molecular flexibility index (Phi) is 5.86. The highest BCUT2D eigenvalue weighted by Gasteiger charge is 2.04. The van der Waals surface area contributed by atoms with Gasteiger partial charge < -0.3 is 4.74 Å². The molecule has 0 aliphatic rings. The lowest BCUT2D eigenvalue weighted by molar-refractivity contribution is -0.384. The SMILES string of the molecule is CCC(C)N=Cc1ccc(OCc2ccc([N+](=O)[O-])cc2)cc1. The van der Waals surface area contributed by atoms with Crippen LogP contribution in [0.2, 0.25) is 0 Å². The van der Waals surface area contributed by atoms with Crippen molar-refractivity contribution in [1.82, 2.24) is 0 Å². The second-order valence-electron chi connectivity index (χ2n) is 5.32. The maximum Gasteiger partial charge on any atom is 0.269 e. The average molecular weight is 312 g/mol. The first-order valence-corrected chi connectivity index (χ1v) is 7.58. The van der Waals surface area contributed by atoms with Gasteiger partial charge in [0.1, 0.15) is 12.4 Å². The number of hydrogen-bond acceptors (Lipinski definition) is 4. The van der Waals surface area contributed by atoms with Crippen LogP contribution in [0.5, 0.6) is 5.75 Å². The van der Waals surface area contributed by atoms with Crippen LogP contribution in [0.1, 0.15) is 31.4 Å². The summed E-state index contributed by atoms with van der Waals surface area (Å²) >= 11 is 0.